The molecule has 0 fully saturated rings. The Morgan fingerprint density at radius 3 is 1.68 bits per heavy atom. The van der Waals surface area contributed by atoms with Gasteiger partial charge in [-0.2, -0.15) is 26.3 Å². The lowest BCUT2D eigenvalue weighted by atomic mass is 10.1. The van der Waals surface area contributed by atoms with E-state index in [0.717, 1.165) is 0 Å². The molecule has 7 heteroatoms. The van der Waals surface area contributed by atoms with Crippen LogP contribution in [0.3, 0.4) is 0 Å². The fourth-order valence-corrected chi connectivity index (χ4v) is 1.23. The van der Waals surface area contributed by atoms with E-state index in [9.17, 15) is 26.3 Å². The standard InChI is InChI=1S/C12H10F6O/c1-3-7(2)19-10-5-8(11(13,14)15)4-9(6-10)12(16,17)18/h3-6H,1-2H3. The van der Waals surface area contributed by atoms with Gasteiger partial charge >= 0.3 is 12.4 Å². The minimum atomic E-state index is -4.87. The predicted octanol–water partition coefficient (Wildman–Crippen LogP) is 5.03. The maximum Gasteiger partial charge on any atom is 0.416 e. The summed E-state index contributed by atoms with van der Waals surface area (Å²) < 4.78 is 80.0. The quantitative estimate of drug-likeness (QED) is 0.547. The molecule has 0 aliphatic carbocycles. The molecule has 0 radical (unpaired) electrons. The molecule has 106 valence electrons. The minimum absolute atomic E-state index is 0.0534. The molecule has 0 saturated carbocycles. The van der Waals surface area contributed by atoms with Crippen LogP contribution in [0.2, 0.25) is 0 Å². The zero-order valence-electron chi connectivity index (χ0n) is 9.99. The summed E-state index contributed by atoms with van der Waals surface area (Å²) in [6, 6.07) is 1.11. The van der Waals surface area contributed by atoms with Gasteiger partial charge in [-0.3, -0.25) is 0 Å². The van der Waals surface area contributed by atoms with Gasteiger partial charge in [0.15, 0.2) is 0 Å². The van der Waals surface area contributed by atoms with Crippen molar-refractivity contribution in [2.24, 2.45) is 0 Å². The number of benzene rings is 1. The summed E-state index contributed by atoms with van der Waals surface area (Å²) in [6.07, 6.45) is -8.32. The average Bonchev–Trinajstić information content (AvgIpc) is 2.26. The van der Waals surface area contributed by atoms with Gasteiger partial charge < -0.3 is 4.74 Å². The summed E-state index contributed by atoms with van der Waals surface area (Å²) in [5, 5.41) is 0. The van der Waals surface area contributed by atoms with E-state index >= 15 is 0 Å². The Morgan fingerprint density at radius 1 is 0.947 bits per heavy atom. The Bertz CT molecular complexity index is 452. The molecular formula is C12H10F6O. The van der Waals surface area contributed by atoms with Gasteiger partial charge in [-0.1, -0.05) is 0 Å². The van der Waals surface area contributed by atoms with Crippen LogP contribution < -0.4 is 4.74 Å². The lowest BCUT2D eigenvalue weighted by Gasteiger charge is -2.14. The molecule has 0 amide bonds. The van der Waals surface area contributed by atoms with Crippen molar-refractivity contribution in [1.29, 1.82) is 0 Å². The number of alkyl halides is 6. The van der Waals surface area contributed by atoms with Crippen LogP contribution in [0.25, 0.3) is 0 Å². The predicted molar refractivity (Wildman–Crippen MR) is 56.5 cm³/mol. The summed E-state index contributed by atoms with van der Waals surface area (Å²) in [5.74, 6) is -0.301. The molecule has 0 atom stereocenters. The van der Waals surface area contributed by atoms with E-state index in [1.165, 1.54) is 13.0 Å². The van der Waals surface area contributed by atoms with Crippen LogP contribution in [0.15, 0.2) is 30.0 Å². The number of allylic oxidation sites excluding steroid dienone is 2. The maximum atomic E-state index is 12.5. The topological polar surface area (TPSA) is 9.23 Å². The smallest absolute Gasteiger partial charge is 0.416 e. The van der Waals surface area contributed by atoms with Gasteiger partial charge in [0.25, 0.3) is 0 Å². The molecule has 0 saturated heterocycles. The van der Waals surface area contributed by atoms with E-state index < -0.39 is 29.2 Å². The van der Waals surface area contributed by atoms with Crippen LogP contribution in [0.1, 0.15) is 25.0 Å². The van der Waals surface area contributed by atoms with E-state index in [4.69, 9.17) is 4.74 Å². The second-order valence-electron chi connectivity index (χ2n) is 3.74. The third-order valence-electron chi connectivity index (χ3n) is 2.25. The second-order valence-corrected chi connectivity index (χ2v) is 3.74. The fraction of sp³-hybridized carbons (Fsp3) is 0.333. The summed E-state index contributed by atoms with van der Waals surface area (Å²) in [7, 11) is 0. The molecule has 0 aliphatic rings. The largest absolute Gasteiger partial charge is 0.462 e. The van der Waals surface area contributed by atoms with Gasteiger partial charge in [-0.05, 0) is 38.1 Å². The minimum Gasteiger partial charge on any atom is -0.462 e. The van der Waals surface area contributed by atoms with Crippen LogP contribution in [0.5, 0.6) is 5.75 Å². The van der Waals surface area contributed by atoms with Crippen LogP contribution in [0.4, 0.5) is 26.3 Å². The SMILES string of the molecule is CC=C(C)Oc1cc(C(F)(F)F)cc(C(F)(F)F)c1. The van der Waals surface area contributed by atoms with Gasteiger partial charge in [0.05, 0.1) is 16.9 Å². The van der Waals surface area contributed by atoms with Gasteiger partial charge in [0.1, 0.15) is 5.75 Å². The lowest BCUT2D eigenvalue weighted by Crippen LogP contribution is -2.11. The number of halogens is 6. The molecule has 1 rings (SSSR count). The summed E-state index contributed by atoms with van der Waals surface area (Å²) in [6.45, 7) is 2.97. The van der Waals surface area contributed by atoms with E-state index in [1.807, 2.05) is 0 Å². The summed E-state index contributed by atoms with van der Waals surface area (Å²) >= 11 is 0. The molecule has 0 aliphatic heterocycles. The maximum absolute atomic E-state index is 12.5. The van der Waals surface area contributed by atoms with Crippen molar-refractivity contribution in [1.82, 2.24) is 0 Å². The first-order chi connectivity index (χ1) is 8.54. The Hall–Kier alpha value is -1.66. The first kappa shape index (κ1) is 15.4. The molecule has 0 bridgehead atoms. The van der Waals surface area contributed by atoms with Gasteiger partial charge in [-0.25, -0.2) is 0 Å². The zero-order chi connectivity index (χ0) is 14.8. The first-order valence-corrected chi connectivity index (χ1v) is 5.14. The van der Waals surface area contributed by atoms with Crippen molar-refractivity contribution in [3.8, 4) is 5.75 Å². The van der Waals surface area contributed by atoms with E-state index in [0.29, 0.717) is 12.1 Å². The van der Waals surface area contributed by atoms with Gasteiger partial charge in [0.2, 0.25) is 0 Å². The molecule has 1 aromatic carbocycles. The Balaban J connectivity index is 3.33. The molecule has 19 heavy (non-hydrogen) atoms. The Labute approximate surface area is 105 Å². The van der Waals surface area contributed by atoms with Crippen molar-refractivity contribution in [3.63, 3.8) is 0 Å². The van der Waals surface area contributed by atoms with E-state index in [2.05, 4.69) is 0 Å². The van der Waals surface area contributed by atoms with Crippen LogP contribution in [-0.4, -0.2) is 0 Å². The van der Waals surface area contributed by atoms with Crippen LogP contribution in [0, 0.1) is 0 Å². The molecule has 0 heterocycles. The van der Waals surface area contributed by atoms with Crippen LogP contribution in [-0.2, 0) is 12.4 Å². The monoisotopic (exact) mass is 284 g/mol. The van der Waals surface area contributed by atoms with E-state index in [-0.39, 0.29) is 11.8 Å². The number of hydrogen-bond donors (Lipinski definition) is 0. The van der Waals surface area contributed by atoms with Gasteiger partial charge in [-0.15, -0.1) is 0 Å². The average molecular weight is 284 g/mol. The van der Waals surface area contributed by atoms with Crippen molar-refractivity contribution in [2.45, 2.75) is 26.2 Å². The third-order valence-corrected chi connectivity index (χ3v) is 2.25. The fourth-order valence-electron chi connectivity index (χ4n) is 1.23. The second kappa shape index (κ2) is 5.14. The highest BCUT2D eigenvalue weighted by Crippen LogP contribution is 2.38. The Kier molecular flexibility index (Phi) is 4.17. The normalized spacial score (nSPS) is 13.6. The van der Waals surface area contributed by atoms with Crippen molar-refractivity contribution >= 4 is 0 Å². The Morgan fingerprint density at radius 2 is 1.37 bits per heavy atom. The lowest BCUT2D eigenvalue weighted by molar-refractivity contribution is -0.143. The molecule has 0 unspecified atom stereocenters. The molecule has 0 spiro atoms. The highest BCUT2D eigenvalue weighted by atomic mass is 19.4. The third kappa shape index (κ3) is 4.18. The molecular weight excluding hydrogens is 274 g/mol. The number of rotatable bonds is 2. The summed E-state index contributed by atoms with van der Waals surface area (Å²) in [5.41, 5.74) is -2.80. The zero-order valence-corrected chi connectivity index (χ0v) is 9.99. The highest BCUT2D eigenvalue weighted by Gasteiger charge is 2.37. The van der Waals surface area contributed by atoms with Crippen molar-refractivity contribution in [3.05, 3.63) is 41.2 Å². The highest BCUT2D eigenvalue weighted by molar-refractivity contribution is 5.38. The molecule has 1 nitrogen and oxygen atoms in total. The van der Waals surface area contributed by atoms with Crippen molar-refractivity contribution in [2.75, 3.05) is 0 Å². The molecule has 1 aromatic rings. The molecule has 0 N–H and O–H groups in total. The van der Waals surface area contributed by atoms with Crippen molar-refractivity contribution < 1.29 is 31.1 Å². The number of hydrogen-bond acceptors (Lipinski definition) is 1. The van der Waals surface area contributed by atoms with Crippen LogP contribution >= 0.6 is 0 Å². The van der Waals surface area contributed by atoms with Gasteiger partial charge in [0, 0.05) is 0 Å². The molecule has 0 aromatic heterocycles. The number of ether oxygens (including phenoxy) is 1. The summed E-state index contributed by atoms with van der Waals surface area (Å²) in [4.78, 5) is 0. The van der Waals surface area contributed by atoms with E-state index in [1.54, 1.807) is 6.92 Å². The first-order valence-electron chi connectivity index (χ1n) is 5.14.